The van der Waals surface area contributed by atoms with Crippen molar-refractivity contribution in [1.82, 2.24) is 10.5 Å². The number of para-hydroxylation sites is 1. The van der Waals surface area contributed by atoms with Gasteiger partial charge >= 0.3 is 0 Å². The van der Waals surface area contributed by atoms with Crippen LogP contribution in [-0.2, 0) is 6.54 Å². The van der Waals surface area contributed by atoms with Crippen LogP contribution in [0.25, 0.3) is 0 Å². The van der Waals surface area contributed by atoms with E-state index in [9.17, 15) is 5.11 Å². The molecule has 1 heterocycles. The molecule has 1 atom stereocenters. The third kappa shape index (κ3) is 2.41. The predicted molar refractivity (Wildman–Crippen MR) is 59.9 cm³/mol. The first kappa shape index (κ1) is 10.7. The summed E-state index contributed by atoms with van der Waals surface area (Å²) in [5, 5.41) is 16.7. The molecule has 2 aromatic rings. The number of hydrogen-bond donors (Lipinski definition) is 2. The summed E-state index contributed by atoms with van der Waals surface area (Å²) in [4.78, 5) is 0. The van der Waals surface area contributed by atoms with Gasteiger partial charge in [-0.3, -0.25) is 0 Å². The van der Waals surface area contributed by atoms with Gasteiger partial charge in [0.1, 0.15) is 12.0 Å². The highest BCUT2D eigenvalue weighted by atomic mass is 16.5. The zero-order valence-corrected chi connectivity index (χ0v) is 9.05. The van der Waals surface area contributed by atoms with Gasteiger partial charge in [0.25, 0.3) is 0 Å². The van der Waals surface area contributed by atoms with Crippen molar-refractivity contribution in [2.24, 2.45) is 0 Å². The van der Waals surface area contributed by atoms with Crippen molar-refractivity contribution in [3.8, 4) is 5.75 Å². The molecule has 1 unspecified atom stereocenters. The molecule has 2 N–H and O–H groups in total. The minimum Gasteiger partial charge on any atom is -0.508 e. The topological polar surface area (TPSA) is 58.3 Å². The Kier molecular flexibility index (Phi) is 3.22. The van der Waals surface area contributed by atoms with E-state index in [1.54, 1.807) is 12.3 Å². The third-order valence-corrected chi connectivity index (χ3v) is 2.48. The zero-order valence-electron chi connectivity index (χ0n) is 9.05. The van der Waals surface area contributed by atoms with Crippen molar-refractivity contribution in [2.45, 2.75) is 19.5 Å². The Bertz CT molecular complexity index is 440. The molecule has 0 aliphatic carbocycles. The second-order valence-electron chi connectivity index (χ2n) is 3.65. The summed E-state index contributed by atoms with van der Waals surface area (Å²) in [6.45, 7) is 2.61. The lowest BCUT2D eigenvalue weighted by Gasteiger charge is -2.14. The van der Waals surface area contributed by atoms with Gasteiger partial charge in [0.05, 0.1) is 5.69 Å². The minimum absolute atomic E-state index is 0.0675. The Balaban J connectivity index is 1.98. The average molecular weight is 218 g/mol. The zero-order chi connectivity index (χ0) is 11.4. The molecule has 16 heavy (non-hydrogen) atoms. The average Bonchev–Trinajstić information content (AvgIpc) is 2.79. The number of aromatic hydroxyl groups is 1. The van der Waals surface area contributed by atoms with Gasteiger partial charge in [-0.2, -0.15) is 0 Å². The quantitative estimate of drug-likeness (QED) is 0.826. The summed E-state index contributed by atoms with van der Waals surface area (Å²) in [6.07, 6.45) is 1.54. The first-order valence-corrected chi connectivity index (χ1v) is 5.18. The van der Waals surface area contributed by atoms with Crippen molar-refractivity contribution in [2.75, 3.05) is 0 Å². The van der Waals surface area contributed by atoms with Gasteiger partial charge in [-0.15, -0.1) is 0 Å². The van der Waals surface area contributed by atoms with E-state index < -0.39 is 0 Å². The second-order valence-corrected chi connectivity index (χ2v) is 3.65. The number of phenolic OH excluding ortho intramolecular Hbond substituents is 1. The lowest BCUT2D eigenvalue weighted by atomic mass is 10.1. The van der Waals surface area contributed by atoms with E-state index in [0.717, 1.165) is 11.3 Å². The van der Waals surface area contributed by atoms with Crippen LogP contribution in [0.5, 0.6) is 5.75 Å². The SMILES string of the molecule is CC(NCc1ccon1)c1ccccc1O. The summed E-state index contributed by atoms with van der Waals surface area (Å²) < 4.78 is 4.74. The number of aromatic nitrogens is 1. The van der Waals surface area contributed by atoms with E-state index in [2.05, 4.69) is 10.5 Å². The predicted octanol–water partition coefficient (Wildman–Crippen LogP) is 2.23. The molecule has 1 aromatic heterocycles. The Labute approximate surface area is 93.9 Å². The summed E-state index contributed by atoms with van der Waals surface area (Å²) in [6, 6.07) is 9.18. The van der Waals surface area contributed by atoms with Crippen LogP contribution in [0, 0.1) is 0 Å². The fraction of sp³-hybridized carbons (Fsp3) is 0.250. The first-order valence-electron chi connectivity index (χ1n) is 5.18. The van der Waals surface area contributed by atoms with E-state index >= 15 is 0 Å². The largest absolute Gasteiger partial charge is 0.508 e. The molecule has 4 heteroatoms. The van der Waals surface area contributed by atoms with Gasteiger partial charge in [0, 0.05) is 24.2 Å². The Morgan fingerprint density at radius 1 is 1.38 bits per heavy atom. The van der Waals surface area contributed by atoms with Crippen molar-refractivity contribution in [3.05, 3.63) is 47.9 Å². The molecule has 0 bridgehead atoms. The standard InChI is InChI=1S/C12H14N2O2/c1-9(11-4-2-3-5-12(11)15)13-8-10-6-7-16-14-10/h2-7,9,13,15H,8H2,1H3. The van der Waals surface area contributed by atoms with Crippen molar-refractivity contribution >= 4 is 0 Å². The molecule has 0 fully saturated rings. The molecule has 0 aliphatic heterocycles. The first-order chi connectivity index (χ1) is 7.77. The van der Waals surface area contributed by atoms with Gasteiger partial charge in [0.2, 0.25) is 0 Å². The molecule has 0 amide bonds. The molecule has 1 aromatic carbocycles. The van der Waals surface area contributed by atoms with Gasteiger partial charge in [0.15, 0.2) is 0 Å². The maximum atomic E-state index is 9.66. The van der Waals surface area contributed by atoms with Crippen molar-refractivity contribution in [1.29, 1.82) is 0 Å². The van der Waals surface area contributed by atoms with Crippen LogP contribution in [0.3, 0.4) is 0 Å². The number of nitrogens with zero attached hydrogens (tertiary/aromatic N) is 1. The second kappa shape index (κ2) is 4.81. The highest BCUT2D eigenvalue weighted by Crippen LogP contribution is 2.23. The number of benzene rings is 1. The molecule has 0 saturated heterocycles. The monoisotopic (exact) mass is 218 g/mol. The lowest BCUT2D eigenvalue weighted by Crippen LogP contribution is -2.18. The van der Waals surface area contributed by atoms with Crippen LogP contribution in [0.4, 0.5) is 0 Å². The highest BCUT2D eigenvalue weighted by Gasteiger charge is 2.09. The van der Waals surface area contributed by atoms with Gasteiger partial charge in [-0.25, -0.2) is 0 Å². The fourth-order valence-electron chi connectivity index (χ4n) is 1.55. The molecular weight excluding hydrogens is 204 g/mol. The molecule has 0 aliphatic rings. The number of hydrogen-bond acceptors (Lipinski definition) is 4. The van der Waals surface area contributed by atoms with Crippen LogP contribution in [-0.4, -0.2) is 10.3 Å². The molecule has 4 nitrogen and oxygen atoms in total. The number of nitrogens with one attached hydrogen (secondary N) is 1. The van der Waals surface area contributed by atoms with E-state index in [1.165, 1.54) is 0 Å². The molecular formula is C12H14N2O2. The highest BCUT2D eigenvalue weighted by molar-refractivity contribution is 5.34. The fourth-order valence-corrected chi connectivity index (χ4v) is 1.55. The normalized spacial score (nSPS) is 12.6. The maximum Gasteiger partial charge on any atom is 0.124 e. The number of phenols is 1. The van der Waals surface area contributed by atoms with Gasteiger partial charge in [-0.05, 0) is 13.0 Å². The van der Waals surface area contributed by atoms with Crippen LogP contribution in [0.15, 0.2) is 41.1 Å². The molecule has 0 radical (unpaired) electrons. The van der Waals surface area contributed by atoms with E-state index in [0.29, 0.717) is 12.3 Å². The van der Waals surface area contributed by atoms with E-state index in [4.69, 9.17) is 4.52 Å². The van der Waals surface area contributed by atoms with Crippen LogP contribution >= 0.6 is 0 Å². The summed E-state index contributed by atoms with van der Waals surface area (Å²) in [7, 11) is 0. The third-order valence-electron chi connectivity index (χ3n) is 2.48. The van der Waals surface area contributed by atoms with E-state index in [-0.39, 0.29) is 6.04 Å². The Hall–Kier alpha value is -1.81. The smallest absolute Gasteiger partial charge is 0.124 e. The van der Waals surface area contributed by atoms with Crippen molar-refractivity contribution in [3.63, 3.8) is 0 Å². The Morgan fingerprint density at radius 2 is 2.19 bits per heavy atom. The summed E-state index contributed by atoms with van der Waals surface area (Å²) in [5.74, 6) is 0.308. The van der Waals surface area contributed by atoms with Crippen LogP contribution < -0.4 is 5.32 Å². The summed E-state index contributed by atoms with van der Waals surface area (Å²) >= 11 is 0. The van der Waals surface area contributed by atoms with Crippen LogP contribution in [0.1, 0.15) is 24.2 Å². The lowest BCUT2D eigenvalue weighted by molar-refractivity contribution is 0.404. The molecule has 2 rings (SSSR count). The minimum atomic E-state index is 0.0675. The number of rotatable bonds is 4. The Morgan fingerprint density at radius 3 is 2.88 bits per heavy atom. The van der Waals surface area contributed by atoms with Crippen LogP contribution in [0.2, 0.25) is 0 Å². The van der Waals surface area contributed by atoms with Gasteiger partial charge in [-0.1, -0.05) is 23.4 Å². The molecule has 0 saturated carbocycles. The van der Waals surface area contributed by atoms with Crippen molar-refractivity contribution < 1.29 is 9.63 Å². The van der Waals surface area contributed by atoms with Gasteiger partial charge < -0.3 is 14.9 Å². The molecule has 0 spiro atoms. The van der Waals surface area contributed by atoms with E-state index in [1.807, 2.05) is 31.2 Å². The maximum absolute atomic E-state index is 9.66. The molecule has 84 valence electrons. The summed E-state index contributed by atoms with van der Waals surface area (Å²) in [5.41, 5.74) is 1.73.